The first-order chi connectivity index (χ1) is 17.4. The summed E-state index contributed by atoms with van der Waals surface area (Å²) in [6.45, 7) is 3.82. The van der Waals surface area contributed by atoms with Gasteiger partial charge in [0.25, 0.3) is 11.6 Å². The number of aromatic nitrogens is 3. The number of carbonyl (C=O) groups excluding carboxylic acids is 2. The van der Waals surface area contributed by atoms with Gasteiger partial charge < -0.3 is 5.11 Å². The summed E-state index contributed by atoms with van der Waals surface area (Å²) in [5.74, 6) is -2.23. The third-order valence-electron chi connectivity index (χ3n) is 6.00. The largest absolute Gasteiger partial charge is 0.858 e. The molecule has 8 heteroatoms. The average Bonchev–Trinajstić information content (AvgIpc) is 3.32. The van der Waals surface area contributed by atoms with Gasteiger partial charge in [-0.1, -0.05) is 31.5 Å². The van der Waals surface area contributed by atoms with Crippen LogP contribution in [0.15, 0.2) is 79.1 Å². The van der Waals surface area contributed by atoms with Crippen LogP contribution < -0.4 is 14.6 Å². The Balaban J connectivity index is 1.78. The maximum Gasteiger partial charge on any atom is 0.331 e. The van der Waals surface area contributed by atoms with Gasteiger partial charge in [-0.05, 0) is 61.7 Å². The topological polar surface area (TPSA) is 82.1 Å². The van der Waals surface area contributed by atoms with E-state index in [-0.39, 0.29) is 22.5 Å². The van der Waals surface area contributed by atoms with Crippen molar-refractivity contribution in [1.29, 1.82) is 0 Å². The van der Waals surface area contributed by atoms with Crippen molar-refractivity contribution in [2.75, 3.05) is 4.90 Å². The Morgan fingerprint density at radius 1 is 0.944 bits per heavy atom. The van der Waals surface area contributed by atoms with Crippen molar-refractivity contribution in [3.8, 4) is 11.6 Å². The summed E-state index contributed by atoms with van der Waals surface area (Å²) in [6, 6.07) is 17.7. The van der Waals surface area contributed by atoms with Crippen molar-refractivity contribution >= 4 is 28.8 Å². The lowest BCUT2D eigenvalue weighted by molar-refractivity contribution is -0.577. The van der Waals surface area contributed by atoms with Crippen molar-refractivity contribution < 1.29 is 23.7 Å². The molecule has 4 aromatic rings. The third kappa shape index (κ3) is 3.86. The number of hydrogen-bond donors (Lipinski definition) is 0. The second kappa shape index (κ2) is 9.22. The smallest absolute Gasteiger partial charge is 0.331 e. The lowest BCUT2D eigenvalue weighted by Crippen LogP contribution is -2.39. The van der Waals surface area contributed by atoms with E-state index >= 15 is 0 Å². The van der Waals surface area contributed by atoms with Gasteiger partial charge in [0, 0.05) is 17.2 Å². The number of aryl methyl sites for hydroxylation is 2. The molecule has 5 rings (SSSR count). The van der Waals surface area contributed by atoms with Crippen molar-refractivity contribution in [3.63, 3.8) is 0 Å². The number of nitrogens with zero attached hydrogens (tertiary/aromatic N) is 4. The van der Waals surface area contributed by atoms with Gasteiger partial charge in [0.05, 0.1) is 17.1 Å². The fraction of sp³-hybridized carbons (Fsp3) is 0.143. The molecule has 0 N–H and O–H groups in total. The van der Waals surface area contributed by atoms with Gasteiger partial charge in [-0.3, -0.25) is 9.59 Å². The lowest BCUT2D eigenvalue weighted by atomic mass is 10.0. The number of benzene rings is 2. The van der Waals surface area contributed by atoms with Crippen molar-refractivity contribution in [1.82, 2.24) is 9.78 Å². The molecule has 0 radical (unpaired) electrons. The fourth-order valence-corrected chi connectivity index (χ4v) is 4.39. The van der Waals surface area contributed by atoms with E-state index < -0.39 is 23.5 Å². The van der Waals surface area contributed by atoms with Crippen LogP contribution in [0.2, 0.25) is 0 Å². The van der Waals surface area contributed by atoms with Crippen LogP contribution in [0.1, 0.15) is 30.2 Å². The molecular weight excluding hydrogens is 459 g/mol. The minimum absolute atomic E-state index is 0.0180. The predicted molar refractivity (Wildman–Crippen MR) is 130 cm³/mol. The third-order valence-corrected chi connectivity index (χ3v) is 6.00. The first kappa shape index (κ1) is 23.2. The zero-order valence-corrected chi connectivity index (χ0v) is 19.8. The van der Waals surface area contributed by atoms with Gasteiger partial charge in [-0.15, -0.1) is 0 Å². The Morgan fingerprint density at radius 2 is 1.67 bits per heavy atom. The van der Waals surface area contributed by atoms with Crippen LogP contribution in [0.5, 0.6) is 5.88 Å². The highest BCUT2D eigenvalue weighted by atomic mass is 19.1. The van der Waals surface area contributed by atoms with Crippen LogP contribution in [-0.2, 0) is 16.0 Å². The molecule has 0 unspecified atom stereocenters. The number of imide groups is 1. The zero-order valence-electron chi connectivity index (χ0n) is 19.8. The molecule has 3 heterocycles. The number of halogens is 1. The van der Waals surface area contributed by atoms with Crippen molar-refractivity contribution in [3.05, 3.63) is 102 Å². The van der Waals surface area contributed by atoms with Gasteiger partial charge >= 0.3 is 5.91 Å². The van der Waals surface area contributed by atoms with Gasteiger partial charge in [0.2, 0.25) is 0 Å². The number of rotatable bonds is 6. The minimum atomic E-state index is -0.655. The Hall–Kier alpha value is -4.59. The second-order valence-corrected chi connectivity index (χ2v) is 8.56. The summed E-state index contributed by atoms with van der Waals surface area (Å²) in [4.78, 5) is 28.6. The van der Waals surface area contributed by atoms with E-state index in [2.05, 4.69) is 5.10 Å². The maximum atomic E-state index is 13.9. The Kier molecular flexibility index (Phi) is 5.93. The standard InChI is InChI=1S/C28H23FN4O3/c1-3-8-22-23(27(35)33(30-22)21-10-5-4-6-11-21)24-25(31-16-7-9-18(2)17-31)28(36)32(26(24)34)20-14-12-19(29)13-15-20/h4-7,9-17H,3,8H2,1-2H3. The Morgan fingerprint density at radius 3 is 2.33 bits per heavy atom. The summed E-state index contributed by atoms with van der Waals surface area (Å²) in [5.41, 5.74) is 2.21. The van der Waals surface area contributed by atoms with E-state index in [0.29, 0.717) is 24.2 Å². The van der Waals surface area contributed by atoms with Crippen LogP contribution in [0.3, 0.4) is 0 Å². The van der Waals surface area contributed by atoms with Crippen LogP contribution in [0.25, 0.3) is 17.0 Å². The van der Waals surface area contributed by atoms with E-state index in [0.717, 1.165) is 10.5 Å². The van der Waals surface area contributed by atoms with Crippen molar-refractivity contribution in [2.45, 2.75) is 26.7 Å². The second-order valence-electron chi connectivity index (χ2n) is 8.56. The zero-order chi connectivity index (χ0) is 25.4. The molecule has 0 saturated heterocycles. The van der Waals surface area contributed by atoms with E-state index in [9.17, 15) is 19.1 Å². The van der Waals surface area contributed by atoms with Gasteiger partial charge in [0.1, 0.15) is 11.4 Å². The summed E-state index contributed by atoms with van der Waals surface area (Å²) < 4.78 is 16.4. The number of anilines is 1. The molecular formula is C28H23FN4O3. The summed E-state index contributed by atoms with van der Waals surface area (Å²) in [7, 11) is 0. The molecule has 180 valence electrons. The van der Waals surface area contributed by atoms with Crippen LogP contribution in [0.4, 0.5) is 10.1 Å². The molecule has 2 aromatic heterocycles. The average molecular weight is 483 g/mol. The lowest BCUT2D eigenvalue weighted by Gasteiger charge is -2.15. The molecule has 7 nitrogen and oxygen atoms in total. The highest BCUT2D eigenvalue weighted by Gasteiger charge is 2.47. The van der Waals surface area contributed by atoms with Gasteiger partial charge in [0.15, 0.2) is 12.4 Å². The number of amides is 2. The van der Waals surface area contributed by atoms with E-state index in [1.54, 1.807) is 47.3 Å². The first-order valence-corrected chi connectivity index (χ1v) is 11.6. The van der Waals surface area contributed by atoms with E-state index in [1.165, 1.54) is 28.9 Å². The number of carbonyl (C=O) groups is 2. The molecule has 0 atom stereocenters. The maximum absolute atomic E-state index is 13.9. The summed E-state index contributed by atoms with van der Waals surface area (Å²) in [5, 5.41) is 18.3. The first-order valence-electron chi connectivity index (χ1n) is 11.6. The van der Waals surface area contributed by atoms with Crippen LogP contribution in [-0.4, -0.2) is 21.6 Å². The molecule has 0 fully saturated rings. The monoisotopic (exact) mass is 482 g/mol. The molecule has 0 saturated carbocycles. The normalized spacial score (nSPS) is 13.7. The molecule has 0 aliphatic carbocycles. The highest BCUT2D eigenvalue weighted by molar-refractivity contribution is 6.53. The summed E-state index contributed by atoms with van der Waals surface area (Å²) in [6.07, 6.45) is 4.51. The van der Waals surface area contributed by atoms with Gasteiger partial charge in [-0.2, -0.15) is 9.67 Å². The quantitative estimate of drug-likeness (QED) is 0.311. The Labute approximate surface area is 207 Å². The molecule has 0 spiro atoms. The number of hydrogen-bond acceptors (Lipinski definition) is 4. The SMILES string of the molecule is CCCc1nn(-c2ccccc2)c([O-])c1C1=C([n+]2cccc(C)c2)C(=O)N(c2ccc(F)cc2)C1=O. The molecule has 36 heavy (non-hydrogen) atoms. The van der Waals surface area contributed by atoms with E-state index in [4.69, 9.17) is 0 Å². The molecule has 1 aliphatic rings. The molecule has 2 amide bonds. The number of pyridine rings is 1. The molecule has 2 aromatic carbocycles. The van der Waals surface area contributed by atoms with Crippen LogP contribution in [0, 0.1) is 12.7 Å². The van der Waals surface area contributed by atoms with Gasteiger partial charge in [-0.25, -0.2) is 14.0 Å². The molecule has 0 bridgehead atoms. The summed E-state index contributed by atoms with van der Waals surface area (Å²) >= 11 is 0. The fourth-order valence-electron chi connectivity index (χ4n) is 4.39. The Bertz CT molecular complexity index is 1510. The predicted octanol–water partition coefficient (Wildman–Crippen LogP) is 3.58. The highest BCUT2D eigenvalue weighted by Crippen LogP contribution is 2.39. The minimum Gasteiger partial charge on any atom is -0.858 e. The van der Waals surface area contributed by atoms with Crippen molar-refractivity contribution in [2.24, 2.45) is 0 Å². The molecule has 1 aliphatic heterocycles. The number of para-hydroxylation sites is 1. The van der Waals surface area contributed by atoms with E-state index in [1.807, 2.05) is 26.0 Å². The van der Waals surface area contributed by atoms with Crippen LogP contribution >= 0.6 is 0 Å².